The second-order valence-electron chi connectivity index (χ2n) is 4.74. The van der Waals surface area contributed by atoms with Crippen LogP contribution in [-0.4, -0.2) is 31.9 Å². The molecule has 0 aromatic heterocycles. The minimum atomic E-state index is -3.33. The van der Waals surface area contributed by atoms with E-state index < -0.39 is 15.3 Å². The van der Waals surface area contributed by atoms with Crippen LogP contribution in [0.25, 0.3) is 0 Å². The van der Waals surface area contributed by atoms with Gasteiger partial charge in [-0.15, -0.1) is 0 Å². The molecule has 0 aliphatic carbocycles. The monoisotopic (exact) mass is 223 g/mol. The van der Waals surface area contributed by atoms with Crippen LogP contribution in [0.3, 0.4) is 0 Å². The summed E-state index contributed by atoms with van der Waals surface area (Å²) in [6, 6.07) is 0. The van der Waals surface area contributed by atoms with Crippen molar-refractivity contribution in [3.05, 3.63) is 0 Å². The van der Waals surface area contributed by atoms with Crippen LogP contribution < -0.4 is 4.72 Å². The first-order valence-corrected chi connectivity index (χ1v) is 6.33. The molecule has 0 radical (unpaired) electrons. The third-order valence-corrected chi connectivity index (χ3v) is 3.78. The summed E-state index contributed by atoms with van der Waals surface area (Å²) < 4.78 is 25.2. The molecule has 0 aromatic carbocycles. The van der Waals surface area contributed by atoms with Crippen LogP contribution in [0.1, 0.15) is 34.1 Å². The molecule has 0 spiro atoms. The van der Waals surface area contributed by atoms with E-state index in [0.717, 1.165) is 6.42 Å². The molecule has 0 rings (SSSR count). The van der Waals surface area contributed by atoms with Crippen molar-refractivity contribution in [3.8, 4) is 0 Å². The average molecular weight is 223 g/mol. The fourth-order valence-electron chi connectivity index (χ4n) is 0.809. The minimum Gasteiger partial charge on any atom is -0.395 e. The summed E-state index contributed by atoms with van der Waals surface area (Å²) in [4.78, 5) is 0. The van der Waals surface area contributed by atoms with E-state index in [9.17, 15) is 8.42 Å². The van der Waals surface area contributed by atoms with Crippen molar-refractivity contribution in [1.82, 2.24) is 4.72 Å². The standard InChI is InChI=1S/C9H21NO3S/c1-8(7-11)14(12,13)10-6-5-9(2,3)4/h8,10-11H,5-7H2,1-4H3. The molecule has 14 heavy (non-hydrogen) atoms. The molecule has 86 valence electrons. The Bertz CT molecular complexity index is 254. The number of nitrogens with one attached hydrogen (secondary N) is 1. The van der Waals surface area contributed by atoms with Crippen molar-refractivity contribution in [2.75, 3.05) is 13.2 Å². The van der Waals surface area contributed by atoms with Gasteiger partial charge >= 0.3 is 0 Å². The Morgan fingerprint density at radius 2 is 1.86 bits per heavy atom. The highest BCUT2D eigenvalue weighted by Crippen LogP contribution is 2.17. The van der Waals surface area contributed by atoms with Crippen molar-refractivity contribution in [2.24, 2.45) is 5.41 Å². The fraction of sp³-hybridized carbons (Fsp3) is 1.00. The lowest BCUT2D eigenvalue weighted by atomic mass is 9.93. The second kappa shape index (κ2) is 5.09. The lowest BCUT2D eigenvalue weighted by Gasteiger charge is -2.19. The smallest absolute Gasteiger partial charge is 0.216 e. The Labute approximate surface area is 86.8 Å². The van der Waals surface area contributed by atoms with Gasteiger partial charge in [-0.3, -0.25) is 0 Å². The van der Waals surface area contributed by atoms with E-state index in [-0.39, 0.29) is 12.0 Å². The molecule has 0 amide bonds. The summed E-state index contributed by atoms with van der Waals surface area (Å²) in [5.41, 5.74) is 0.116. The molecule has 1 atom stereocenters. The number of aliphatic hydroxyl groups is 1. The Balaban J connectivity index is 4.02. The summed E-state index contributed by atoms with van der Waals surface area (Å²) in [7, 11) is -3.33. The summed E-state index contributed by atoms with van der Waals surface area (Å²) in [6.45, 7) is 7.73. The molecule has 0 aliphatic heterocycles. The van der Waals surface area contributed by atoms with E-state index in [0.29, 0.717) is 6.54 Å². The van der Waals surface area contributed by atoms with Crippen molar-refractivity contribution in [1.29, 1.82) is 0 Å². The highest BCUT2D eigenvalue weighted by Gasteiger charge is 2.20. The van der Waals surface area contributed by atoms with Crippen molar-refractivity contribution < 1.29 is 13.5 Å². The van der Waals surface area contributed by atoms with E-state index in [1.807, 2.05) is 0 Å². The molecule has 2 N–H and O–H groups in total. The minimum absolute atomic E-state index is 0.116. The van der Waals surface area contributed by atoms with Crippen molar-refractivity contribution in [3.63, 3.8) is 0 Å². The molecule has 5 heteroatoms. The first-order valence-electron chi connectivity index (χ1n) is 4.78. The summed E-state index contributed by atoms with van der Waals surface area (Å²) in [6.07, 6.45) is 0.782. The summed E-state index contributed by atoms with van der Waals surface area (Å²) in [5, 5.41) is 7.98. The van der Waals surface area contributed by atoms with Gasteiger partial charge in [-0.25, -0.2) is 13.1 Å². The van der Waals surface area contributed by atoms with Crippen LogP contribution in [0, 0.1) is 5.41 Å². The maximum Gasteiger partial charge on any atom is 0.216 e. The Morgan fingerprint density at radius 3 is 2.21 bits per heavy atom. The lowest BCUT2D eigenvalue weighted by molar-refractivity contribution is 0.294. The third-order valence-electron chi connectivity index (χ3n) is 1.97. The molecule has 4 nitrogen and oxygen atoms in total. The van der Waals surface area contributed by atoms with Gasteiger partial charge in [0, 0.05) is 6.54 Å². The first-order chi connectivity index (χ1) is 6.19. The number of aliphatic hydroxyl groups excluding tert-OH is 1. The lowest BCUT2D eigenvalue weighted by Crippen LogP contribution is -2.36. The molecule has 0 aliphatic rings. The van der Waals surface area contributed by atoms with Gasteiger partial charge in [0.05, 0.1) is 11.9 Å². The Morgan fingerprint density at radius 1 is 1.36 bits per heavy atom. The second-order valence-corrected chi connectivity index (χ2v) is 6.93. The molecule has 0 saturated carbocycles. The fourth-order valence-corrected chi connectivity index (χ4v) is 1.68. The van der Waals surface area contributed by atoms with Crippen molar-refractivity contribution >= 4 is 10.0 Å². The SMILES string of the molecule is CC(CO)S(=O)(=O)NCCC(C)(C)C. The third kappa shape index (κ3) is 5.57. The van der Waals surface area contributed by atoms with Gasteiger partial charge in [0.15, 0.2) is 0 Å². The number of sulfonamides is 1. The first kappa shape index (κ1) is 13.9. The van der Waals surface area contributed by atoms with Crippen LogP contribution in [0.15, 0.2) is 0 Å². The van der Waals surface area contributed by atoms with E-state index in [1.54, 1.807) is 0 Å². The van der Waals surface area contributed by atoms with E-state index in [4.69, 9.17) is 5.11 Å². The van der Waals surface area contributed by atoms with Gasteiger partial charge < -0.3 is 5.11 Å². The molecular weight excluding hydrogens is 202 g/mol. The molecule has 0 aromatic rings. The summed E-state index contributed by atoms with van der Waals surface area (Å²) in [5.74, 6) is 0. The number of hydrogen-bond acceptors (Lipinski definition) is 3. The largest absolute Gasteiger partial charge is 0.395 e. The Kier molecular flexibility index (Phi) is 5.05. The van der Waals surface area contributed by atoms with Gasteiger partial charge in [0.2, 0.25) is 10.0 Å². The molecule has 0 saturated heterocycles. The van der Waals surface area contributed by atoms with E-state index in [2.05, 4.69) is 25.5 Å². The van der Waals surface area contributed by atoms with Gasteiger partial charge in [0.25, 0.3) is 0 Å². The van der Waals surface area contributed by atoms with Gasteiger partial charge in [0.1, 0.15) is 0 Å². The van der Waals surface area contributed by atoms with E-state index >= 15 is 0 Å². The maximum absolute atomic E-state index is 11.4. The average Bonchev–Trinajstić information content (AvgIpc) is 2.00. The zero-order valence-electron chi connectivity index (χ0n) is 9.37. The van der Waals surface area contributed by atoms with Crippen LogP contribution >= 0.6 is 0 Å². The predicted octanol–water partition coefficient (Wildman–Crippen LogP) is 0.723. The topological polar surface area (TPSA) is 66.4 Å². The van der Waals surface area contributed by atoms with Crippen LogP contribution in [0.2, 0.25) is 0 Å². The summed E-state index contributed by atoms with van der Waals surface area (Å²) >= 11 is 0. The van der Waals surface area contributed by atoms with Crippen molar-refractivity contribution in [2.45, 2.75) is 39.4 Å². The molecule has 1 unspecified atom stereocenters. The normalized spacial score (nSPS) is 15.5. The van der Waals surface area contributed by atoms with Gasteiger partial charge in [-0.2, -0.15) is 0 Å². The van der Waals surface area contributed by atoms with E-state index in [1.165, 1.54) is 6.92 Å². The maximum atomic E-state index is 11.4. The molecule has 0 heterocycles. The molecular formula is C9H21NO3S. The zero-order chi connectivity index (χ0) is 11.4. The predicted molar refractivity (Wildman–Crippen MR) is 57.5 cm³/mol. The Hall–Kier alpha value is -0.130. The highest BCUT2D eigenvalue weighted by atomic mass is 32.2. The van der Waals surface area contributed by atoms with Crippen LogP contribution in [-0.2, 0) is 10.0 Å². The quantitative estimate of drug-likeness (QED) is 0.722. The number of hydrogen-bond donors (Lipinski definition) is 2. The van der Waals surface area contributed by atoms with Gasteiger partial charge in [-0.05, 0) is 18.8 Å². The molecule has 0 bridgehead atoms. The molecule has 0 fully saturated rings. The highest BCUT2D eigenvalue weighted by molar-refractivity contribution is 7.90. The zero-order valence-corrected chi connectivity index (χ0v) is 10.2. The van der Waals surface area contributed by atoms with Crippen LogP contribution in [0.4, 0.5) is 0 Å². The van der Waals surface area contributed by atoms with Crippen LogP contribution in [0.5, 0.6) is 0 Å². The number of rotatable bonds is 5. The van der Waals surface area contributed by atoms with Gasteiger partial charge in [-0.1, -0.05) is 20.8 Å².